The van der Waals surface area contributed by atoms with Crippen LogP contribution >= 0.6 is 0 Å². The maximum absolute atomic E-state index is 12.8. The molecule has 2 aliphatic rings. The molecule has 1 saturated carbocycles. The Hall–Kier alpha value is -0.150. The summed E-state index contributed by atoms with van der Waals surface area (Å²) in [5.74, 6) is 0.854. The van der Waals surface area contributed by atoms with Crippen molar-refractivity contribution in [2.45, 2.75) is 44.2 Å². The minimum Gasteiger partial charge on any atom is -0.377 e. The lowest BCUT2D eigenvalue weighted by atomic mass is 9.85. The van der Waals surface area contributed by atoms with Gasteiger partial charge in [-0.05, 0) is 31.6 Å². The Morgan fingerprint density at radius 3 is 2.36 bits per heavy atom. The summed E-state index contributed by atoms with van der Waals surface area (Å²) in [4.78, 5) is 0. The highest BCUT2D eigenvalue weighted by Crippen LogP contribution is 2.27. The third-order valence-corrected chi connectivity index (χ3v) is 3.54. The molecule has 0 atom stereocenters. The van der Waals surface area contributed by atoms with Crippen LogP contribution in [0.3, 0.4) is 0 Å². The summed E-state index contributed by atoms with van der Waals surface area (Å²) in [7, 11) is 0. The van der Waals surface area contributed by atoms with E-state index in [1.807, 2.05) is 0 Å². The van der Waals surface area contributed by atoms with Crippen LogP contribution < -0.4 is 5.32 Å². The monoisotopic (exact) mass is 201 g/mol. The number of rotatable bonds is 3. The van der Waals surface area contributed by atoms with Gasteiger partial charge in [-0.15, -0.1) is 0 Å². The van der Waals surface area contributed by atoms with Crippen LogP contribution in [0.2, 0.25) is 0 Å². The van der Waals surface area contributed by atoms with Gasteiger partial charge in [0.2, 0.25) is 0 Å². The normalized spacial score (nSPS) is 36.4. The van der Waals surface area contributed by atoms with Crippen molar-refractivity contribution in [3.8, 4) is 0 Å². The van der Waals surface area contributed by atoms with Gasteiger partial charge in [-0.25, -0.2) is 4.39 Å². The second kappa shape index (κ2) is 4.15. The zero-order valence-corrected chi connectivity index (χ0v) is 8.89. The van der Waals surface area contributed by atoms with Crippen LogP contribution in [0.5, 0.6) is 0 Å². The maximum Gasteiger partial charge on any atom is 0.112 e. The average molecular weight is 201 g/mol. The molecule has 2 fully saturated rings. The van der Waals surface area contributed by atoms with E-state index in [0.717, 1.165) is 5.92 Å². The number of nitrogens with one attached hydrogen (secondary N) is 1. The molecule has 0 radical (unpaired) electrons. The summed E-state index contributed by atoms with van der Waals surface area (Å²) in [6.07, 6.45) is 4.95. The lowest BCUT2D eigenvalue weighted by molar-refractivity contribution is -0.0914. The average Bonchev–Trinajstić information content (AvgIpc) is 2.15. The Labute approximate surface area is 85.2 Å². The van der Waals surface area contributed by atoms with E-state index in [1.165, 1.54) is 25.7 Å². The smallest absolute Gasteiger partial charge is 0.112 e. The second-order valence-electron chi connectivity index (χ2n) is 5.01. The van der Waals surface area contributed by atoms with Crippen LogP contribution in [0.4, 0.5) is 4.39 Å². The zero-order valence-electron chi connectivity index (χ0n) is 8.89. The predicted molar refractivity (Wildman–Crippen MR) is 54.1 cm³/mol. The van der Waals surface area contributed by atoms with Crippen molar-refractivity contribution in [3.05, 3.63) is 0 Å². The molecule has 1 saturated heterocycles. The molecule has 14 heavy (non-hydrogen) atoms. The molecule has 1 heterocycles. The van der Waals surface area contributed by atoms with Crippen molar-refractivity contribution in [1.82, 2.24) is 5.32 Å². The first-order valence-corrected chi connectivity index (χ1v) is 5.65. The molecule has 0 amide bonds. The van der Waals surface area contributed by atoms with Crippen LogP contribution in [0.15, 0.2) is 0 Å². The molecule has 1 aliphatic carbocycles. The summed E-state index contributed by atoms with van der Waals surface area (Å²) in [5.41, 5.74) is -0.328. The molecule has 0 unspecified atom stereocenters. The summed E-state index contributed by atoms with van der Waals surface area (Å²) in [5, 5.41) is 3.44. The molecule has 2 rings (SSSR count). The largest absolute Gasteiger partial charge is 0.377 e. The minimum absolute atomic E-state index is 0.293. The maximum atomic E-state index is 12.8. The lowest BCUT2D eigenvalue weighted by Gasteiger charge is -2.44. The van der Waals surface area contributed by atoms with Crippen LogP contribution in [-0.2, 0) is 4.74 Å². The summed E-state index contributed by atoms with van der Waals surface area (Å²) < 4.78 is 17.9. The van der Waals surface area contributed by atoms with Gasteiger partial charge in [0, 0.05) is 6.04 Å². The number of alkyl halides is 1. The molecule has 1 N–H and O–H groups in total. The topological polar surface area (TPSA) is 21.3 Å². The molecule has 82 valence electrons. The SMILES string of the molecule is C[C@H]1CC[C@@H](NC2(CF)COC2)CC1. The fourth-order valence-corrected chi connectivity index (χ4v) is 2.38. The Morgan fingerprint density at radius 1 is 1.29 bits per heavy atom. The first-order valence-electron chi connectivity index (χ1n) is 5.65. The standard InChI is InChI=1S/C11H20FNO/c1-9-2-4-10(5-3-9)13-11(6-12)7-14-8-11/h9-10,13H,2-8H2,1H3/t9-,10+. The van der Waals surface area contributed by atoms with Crippen LogP contribution in [0, 0.1) is 5.92 Å². The minimum atomic E-state index is -0.328. The van der Waals surface area contributed by atoms with Gasteiger partial charge in [-0.2, -0.15) is 0 Å². The molecule has 0 aromatic heterocycles. The van der Waals surface area contributed by atoms with E-state index in [4.69, 9.17) is 4.74 Å². The number of hydrogen-bond acceptors (Lipinski definition) is 2. The van der Waals surface area contributed by atoms with Gasteiger partial charge in [0.05, 0.1) is 18.8 Å². The Kier molecular flexibility index (Phi) is 3.07. The number of halogens is 1. The highest BCUT2D eigenvalue weighted by atomic mass is 19.1. The van der Waals surface area contributed by atoms with Gasteiger partial charge in [-0.3, -0.25) is 0 Å². The van der Waals surface area contributed by atoms with E-state index < -0.39 is 0 Å². The quantitative estimate of drug-likeness (QED) is 0.753. The third kappa shape index (κ3) is 2.09. The fourth-order valence-electron chi connectivity index (χ4n) is 2.38. The van der Waals surface area contributed by atoms with Crippen LogP contribution in [-0.4, -0.2) is 31.5 Å². The molecular weight excluding hydrogens is 181 g/mol. The van der Waals surface area contributed by atoms with E-state index >= 15 is 0 Å². The molecular formula is C11H20FNO. The third-order valence-electron chi connectivity index (χ3n) is 3.54. The van der Waals surface area contributed by atoms with Crippen LogP contribution in [0.25, 0.3) is 0 Å². The fraction of sp³-hybridized carbons (Fsp3) is 1.00. The van der Waals surface area contributed by atoms with Gasteiger partial charge < -0.3 is 10.1 Å². The van der Waals surface area contributed by atoms with Crippen molar-refractivity contribution < 1.29 is 9.13 Å². The number of ether oxygens (including phenoxy) is 1. The first-order chi connectivity index (χ1) is 6.74. The highest BCUT2D eigenvalue weighted by molar-refractivity contribution is 4.97. The Balaban J connectivity index is 1.79. The van der Waals surface area contributed by atoms with E-state index in [9.17, 15) is 4.39 Å². The highest BCUT2D eigenvalue weighted by Gasteiger charge is 2.40. The van der Waals surface area contributed by atoms with Crippen molar-refractivity contribution in [2.75, 3.05) is 19.9 Å². The van der Waals surface area contributed by atoms with E-state index in [0.29, 0.717) is 19.3 Å². The van der Waals surface area contributed by atoms with Crippen molar-refractivity contribution in [3.63, 3.8) is 0 Å². The summed E-state index contributed by atoms with van der Waals surface area (Å²) >= 11 is 0. The van der Waals surface area contributed by atoms with Crippen molar-refractivity contribution in [2.24, 2.45) is 5.92 Å². The van der Waals surface area contributed by atoms with E-state index in [-0.39, 0.29) is 12.2 Å². The molecule has 0 bridgehead atoms. The molecule has 2 nitrogen and oxygen atoms in total. The molecule has 1 aliphatic heterocycles. The van der Waals surface area contributed by atoms with E-state index in [1.54, 1.807) is 0 Å². The van der Waals surface area contributed by atoms with E-state index in [2.05, 4.69) is 12.2 Å². The predicted octanol–water partition coefficient (Wildman–Crippen LogP) is 1.89. The van der Waals surface area contributed by atoms with Gasteiger partial charge in [0.1, 0.15) is 6.67 Å². The summed E-state index contributed by atoms with van der Waals surface area (Å²) in [6, 6.07) is 0.519. The number of hydrogen-bond donors (Lipinski definition) is 1. The van der Waals surface area contributed by atoms with Crippen LogP contribution in [0.1, 0.15) is 32.6 Å². The molecule has 0 aromatic rings. The van der Waals surface area contributed by atoms with Crippen molar-refractivity contribution >= 4 is 0 Å². The van der Waals surface area contributed by atoms with Gasteiger partial charge >= 0.3 is 0 Å². The van der Waals surface area contributed by atoms with Gasteiger partial charge in [0.25, 0.3) is 0 Å². The lowest BCUT2D eigenvalue weighted by Crippen LogP contribution is -2.65. The summed E-state index contributed by atoms with van der Waals surface area (Å²) in [6.45, 7) is 3.11. The van der Waals surface area contributed by atoms with Crippen molar-refractivity contribution in [1.29, 1.82) is 0 Å². The first kappa shape index (κ1) is 10.4. The van der Waals surface area contributed by atoms with Gasteiger partial charge in [-0.1, -0.05) is 6.92 Å². The Bertz CT molecular complexity index is 180. The van der Waals surface area contributed by atoms with Gasteiger partial charge in [0.15, 0.2) is 0 Å². The molecule has 0 spiro atoms. The zero-order chi connectivity index (χ0) is 10.0. The molecule has 3 heteroatoms. The molecule has 0 aromatic carbocycles. The second-order valence-corrected chi connectivity index (χ2v) is 5.01. The Morgan fingerprint density at radius 2 is 1.93 bits per heavy atom.